The molecule has 2 N–H and O–H groups in total. The maximum atomic E-state index is 13.4. The van der Waals surface area contributed by atoms with Gasteiger partial charge >= 0.3 is 0 Å². The summed E-state index contributed by atoms with van der Waals surface area (Å²) in [6.07, 6.45) is 4.35. The second kappa shape index (κ2) is 6.17. The molecule has 6 nitrogen and oxygen atoms in total. The fourth-order valence-corrected chi connectivity index (χ4v) is 4.51. The monoisotopic (exact) mass is 387 g/mol. The highest BCUT2D eigenvalue weighted by Gasteiger charge is 2.48. The van der Waals surface area contributed by atoms with E-state index in [1.807, 2.05) is 37.0 Å². The molecule has 148 valence electrons. The molecule has 2 aromatic carbocycles. The molecule has 0 radical (unpaired) electrons. The number of guanidine groups is 1. The first-order valence-corrected chi connectivity index (χ1v) is 10.0. The van der Waals surface area contributed by atoms with Crippen LogP contribution >= 0.6 is 0 Å². The zero-order chi connectivity index (χ0) is 20.3. The number of nitrogens with zero attached hydrogens (tertiary/aromatic N) is 3. The van der Waals surface area contributed by atoms with Crippen LogP contribution < -0.4 is 5.32 Å². The van der Waals surface area contributed by atoms with Crippen molar-refractivity contribution in [2.24, 2.45) is 7.05 Å². The van der Waals surface area contributed by atoms with Crippen LogP contribution in [0.3, 0.4) is 0 Å². The van der Waals surface area contributed by atoms with Crippen molar-refractivity contribution in [3.05, 3.63) is 65.4 Å². The Morgan fingerprint density at radius 2 is 1.79 bits per heavy atom. The summed E-state index contributed by atoms with van der Waals surface area (Å²) in [6.45, 7) is 2.02. The summed E-state index contributed by atoms with van der Waals surface area (Å²) in [7, 11) is 3.57. The van der Waals surface area contributed by atoms with Crippen molar-refractivity contribution in [2.45, 2.75) is 37.1 Å². The lowest BCUT2D eigenvalue weighted by Crippen LogP contribution is -2.62. The predicted molar refractivity (Wildman–Crippen MR) is 113 cm³/mol. The van der Waals surface area contributed by atoms with Crippen molar-refractivity contribution < 1.29 is 4.79 Å². The summed E-state index contributed by atoms with van der Waals surface area (Å²) in [6, 6.07) is 14.6. The summed E-state index contributed by atoms with van der Waals surface area (Å²) in [4.78, 5) is 14.8. The standard InChI is InChI=1S/C23H25N5O/c1-23(18-11-10-17-13-25-28(3)19(17)12-18)20(21(29)27(2)22(24)26-23)16-8-6-15(7-9-16)14-4-5-14/h6-14,20H,4-5H2,1-3H3,(H2,24,26)/t20-,23+/m0/s1. The Bertz CT molecular complexity index is 1130. The average Bonchev–Trinajstić information content (AvgIpc) is 3.50. The molecule has 1 saturated carbocycles. The van der Waals surface area contributed by atoms with E-state index in [0.29, 0.717) is 5.92 Å². The van der Waals surface area contributed by atoms with Gasteiger partial charge in [0.05, 0.1) is 23.2 Å². The van der Waals surface area contributed by atoms with Crippen LogP contribution in [0.1, 0.15) is 48.3 Å². The number of amides is 1. The van der Waals surface area contributed by atoms with E-state index in [-0.39, 0.29) is 11.9 Å². The molecule has 1 amide bonds. The van der Waals surface area contributed by atoms with Gasteiger partial charge in [0.15, 0.2) is 5.96 Å². The molecule has 3 aromatic rings. The molecular weight excluding hydrogens is 362 g/mol. The second-order valence-electron chi connectivity index (χ2n) is 8.49. The number of aryl methyl sites for hydroxylation is 1. The molecule has 2 aliphatic rings. The van der Waals surface area contributed by atoms with Crippen molar-refractivity contribution in [3.63, 3.8) is 0 Å². The maximum Gasteiger partial charge on any atom is 0.239 e. The van der Waals surface area contributed by atoms with E-state index in [2.05, 4.69) is 40.7 Å². The third-order valence-corrected chi connectivity index (χ3v) is 6.54. The van der Waals surface area contributed by atoms with Crippen LogP contribution in [0.25, 0.3) is 10.9 Å². The fraction of sp³-hybridized carbons (Fsp3) is 0.348. The average molecular weight is 387 g/mol. The SMILES string of the molecule is CN1C(=N)N[C@](C)(c2ccc3cnn(C)c3c2)[C@@H](c2ccc(C3CC3)cc2)C1=O. The van der Waals surface area contributed by atoms with E-state index in [4.69, 9.17) is 5.41 Å². The van der Waals surface area contributed by atoms with Gasteiger partial charge in [-0.05, 0) is 48.4 Å². The van der Waals surface area contributed by atoms with Crippen LogP contribution in [0.5, 0.6) is 0 Å². The summed E-state index contributed by atoms with van der Waals surface area (Å²) in [5.41, 5.74) is 3.56. The number of benzene rings is 2. The Hall–Kier alpha value is -3.15. The van der Waals surface area contributed by atoms with Crippen LogP contribution in [0.2, 0.25) is 0 Å². The molecule has 0 bridgehead atoms. The molecule has 29 heavy (non-hydrogen) atoms. The smallest absolute Gasteiger partial charge is 0.239 e. The number of fused-ring (bicyclic) bond motifs is 1. The summed E-state index contributed by atoms with van der Waals surface area (Å²) >= 11 is 0. The molecule has 1 aliphatic carbocycles. The molecule has 1 aliphatic heterocycles. The molecule has 2 fully saturated rings. The molecule has 2 atom stereocenters. The molecule has 5 rings (SSSR count). The van der Waals surface area contributed by atoms with E-state index in [9.17, 15) is 4.79 Å². The van der Waals surface area contributed by atoms with E-state index in [1.54, 1.807) is 7.05 Å². The number of likely N-dealkylation sites (N-methyl/N-ethyl adjacent to an activating group) is 1. The van der Waals surface area contributed by atoms with Gasteiger partial charge in [0.1, 0.15) is 0 Å². The lowest BCUT2D eigenvalue weighted by atomic mass is 9.73. The van der Waals surface area contributed by atoms with Gasteiger partial charge in [-0.15, -0.1) is 0 Å². The first-order chi connectivity index (χ1) is 13.9. The molecule has 1 aromatic heterocycles. The third kappa shape index (κ3) is 2.74. The predicted octanol–water partition coefficient (Wildman–Crippen LogP) is 3.45. The lowest BCUT2D eigenvalue weighted by molar-refractivity contribution is -0.131. The zero-order valence-corrected chi connectivity index (χ0v) is 16.9. The van der Waals surface area contributed by atoms with Crippen LogP contribution in [-0.4, -0.2) is 33.6 Å². The molecule has 0 unspecified atom stereocenters. The number of carbonyl (C=O) groups excluding carboxylic acids is 1. The van der Waals surface area contributed by atoms with Crippen molar-refractivity contribution in [2.75, 3.05) is 7.05 Å². The van der Waals surface area contributed by atoms with Crippen molar-refractivity contribution in [3.8, 4) is 0 Å². The second-order valence-corrected chi connectivity index (χ2v) is 8.49. The van der Waals surface area contributed by atoms with Gasteiger partial charge in [-0.1, -0.05) is 36.4 Å². The summed E-state index contributed by atoms with van der Waals surface area (Å²) in [5.74, 6) is 0.299. The minimum absolute atomic E-state index is 0.0690. The van der Waals surface area contributed by atoms with Gasteiger partial charge in [-0.2, -0.15) is 5.10 Å². The minimum Gasteiger partial charge on any atom is -0.346 e. The van der Waals surface area contributed by atoms with Crippen molar-refractivity contribution >= 4 is 22.8 Å². The Balaban J connectivity index is 1.64. The fourth-order valence-electron chi connectivity index (χ4n) is 4.51. The normalized spacial score (nSPS) is 24.8. The van der Waals surface area contributed by atoms with Gasteiger partial charge < -0.3 is 5.32 Å². The maximum absolute atomic E-state index is 13.4. The van der Waals surface area contributed by atoms with Gasteiger partial charge in [0, 0.05) is 19.5 Å². The van der Waals surface area contributed by atoms with Crippen LogP contribution in [0.15, 0.2) is 48.7 Å². The number of nitrogens with one attached hydrogen (secondary N) is 2. The van der Waals surface area contributed by atoms with E-state index < -0.39 is 11.5 Å². The summed E-state index contributed by atoms with van der Waals surface area (Å²) in [5, 5.41) is 17.0. The number of aromatic nitrogens is 2. The van der Waals surface area contributed by atoms with Crippen molar-refractivity contribution in [1.82, 2.24) is 20.0 Å². The first kappa shape index (κ1) is 17.9. The van der Waals surface area contributed by atoms with Crippen LogP contribution in [0, 0.1) is 5.41 Å². The Morgan fingerprint density at radius 3 is 2.48 bits per heavy atom. The first-order valence-electron chi connectivity index (χ1n) is 10.0. The molecule has 1 saturated heterocycles. The van der Waals surface area contributed by atoms with Crippen LogP contribution in [-0.2, 0) is 17.4 Å². The van der Waals surface area contributed by atoms with Gasteiger partial charge in [-0.3, -0.25) is 19.8 Å². The third-order valence-electron chi connectivity index (χ3n) is 6.54. The van der Waals surface area contributed by atoms with E-state index in [0.717, 1.165) is 22.0 Å². The summed E-state index contributed by atoms with van der Waals surface area (Å²) < 4.78 is 1.84. The number of carbonyl (C=O) groups is 1. The number of hydrogen-bond donors (Lipinski definition) is 2. The number of rotatable bonds is 3. The van der Waals surface area contributed by atoms with Gasteiger partial charge in [0.25, 0.3) is 0 Å². The molecule has 6 heteroatoms. The van der Waals surface area contributed by atoms with E-state index >= 15 is 0 Å². The largest absolute Gasteiger partial charge is 0.346 e. The van der Waals surface area contributed by atoms with E-state index in [1.165, 1.54) is 23.3 Å². The molecular formula is C23H25N5O. The van der Waals surface area contributed by atoms with Gasteiger partial charge in [-0.25, -0.2) is 0 Å². The number of hydrogen-bond acceptors (Lipinski definition) is 3. The van der Waals surface area contributed by atoms with Gasteiger partial charge in [0.2, 0.25) is 5.91 Å². The minimum atomic E-state index is -0.736. The highest BCUT2D eigenvalue weighted by atomic mass is 16.2. The molecule has 0 spiro atoms. The molecule has 2 heterocycles. The topological polar surface area (TPSA) is 74.0 Å². The zero-order valence-electron chi connectivity index (χ0n) is 16.9. The Kier molecular flexibility index (Phi) is 3.81. The quantitative estimate of drug-likeness (QED) is 0.723. The highest BCUT2D eigenvalue weighted by Crippen LogP contribution is 2.44. The Morgan fingerprint density at radius 1 is 1.10 bits per heavy atom. The van der Waals surface area contributed by atoms with Crippen LogP contribution in [0.4, 0.5) is 0 Å². The van der Waals surface area contributed by atoms with Crippen molar-refractivity contribution in [1.29, 1.82) is 5.41 Å². The highest BCUT2D eigenvalue weighted by molar-refractivity contribution is 6.02. The lowest BCUT2D eigenvalue weighted by Gasteiger charge is -2.46. The Labute approximate surface area is 170 Å².